The predicted octanol–water partition coefficient (Wildman–Crippen LogP) is 2.43. The number of rotatable bonds is 7. The van der Waals surface area contributed by atoms with Gasteiger partial charge < -0.3 is 25.0 Å². The summed E-state index contributed by atoms with van der Waals surface area (Å²) in [4.78, 5) is 26.6. The van der Waals surface area contributed by atoms with Gasteiger partial charge in [0.15, 0.2) is 17.3 Å². The predicted molar refractivity (Wildman–Crippen MR) is 120 cm³/mol. The molecule has 1 aromatic heterocycles. The van der Waals surface area contributed by atoms with Crippen molar-refractivity contribution in [3.63, 3.8) is 0 Å². The van der Waals surface area contributed by atoms with Gasteiger partial charge in [-0.25, -0.2) is 0 Å². The summed E-state index contributed by atoms with van der Waals surface area (Å²) in [5.41, 5.74) is 0.662. The Hall–Kier alpha value is -3.01. The lowest BCUT2D eigenvalue weighted by molar-refractivity contribution is -0.125. The molecule has 0 unspecified atom stereocenters. The van der Waals surface area contributed by atoms with Gasteiger partial charge in [0.1, 0.15) is 5.03 Å². The molecule has 10 heteroatoms. The molecule has 2 amide bonds. The summed E-state index contributed by atoms with van der Waals surface area (Å²) < 4.78 is 10.6. The van der Waals surface area contributed by atoms with Gasteiger partial charge >= 0.3 is 0 Å². The highest BCUT2D eigenvalue weighted by molar-refractivity contribution is 7.99. The molecule has 5 rings (SSSR count). The van der Waals surface area contributed by atoms with Crippen LogP contribution in [0.1, 0.15) is 25.7 Å². The number of nitrogens with one attached hydrogen (secondary N) is 2. The van der Waals surface area contributed by atoms with E-state index in [1.165, 1.54) is 11.8 Å². The molecule has 1 aliphatic carbocycles. The van der Waals surface area contributed by atoms with Gasteiger partial charge in [-0.2, -0.15) is 0 Å². The fourth-order valence-electron chi connectivity index (χ4n) is 3.79. The zero-order chi connectivity index (χ0) is 21.9. The van der Waals surface area contributed by atoms with Crippen molar-refractivity contribution < 1.29 is 19.1 Å². The van der Waals surface area contributed by atoms with Crippen LogP contribution in [0.15, 0.2) is 35.4 Å². The summed E-state index contributed by atoms with van der Waals surface area (Å²) in [5, 5.41) is 15.2. The monoisotopic (exact) mass is 455 g/mol. The second kappa shape index (κ2) is 9.23. The molecule has 168 valence electrons. The molecular weight excluding hydrogens is 430 g/mol. The van der Waals surface area contributed by atoms with Gasteiger partial charge in [0.25, 0.3) is 0 Å². The first-order valence-electron chi connectivity index (χ1n) is 10.9. The normalized spacial score (nSPS) is 17.8. The van der Waals surface area contributed by atoms with Crippen LogP contribution < -0.4 is 25.0 Å². The summed E-state index contributed by atoms with van der Waals surface area (Å²) in [6.45, 7) is 1.79. The Kier molecular flexibility index (Phi) is 6.02. The quantitative estimate of drug-likeness (QED) is 0.614. The van der Waals surface area contributed by atoms with Crippen LogP contribution >= 0.6 is 11.8 Å². The Morgan fingerprint density at radius 2 is 1.84 bits per heavy atom. The minimum Gasteiger partial charge on any atom is -0.454 e. The average molecular weight is 456 g/mol. The van der Waals surface area contributed by atoms with E-state index in [-0.39, 0.29) is 30.3 Å². The number of aromatic nitrogens is 2. The van der Waals surface area contributed by atoms with E-state index in [4.69, 9.17) is 9.47 Å². The number of piperidine rings is 1. The van der Waals surface area contributed by atoms with Crippen molar-refractivity contribution in [1.82, 2.24) is 15.5 Å². The Balaban J connectivity index is 1.07. The van der Waals surface area contributed by atoms with Crippen LogP contribution in [0.25, 0.3) is 0 Å². The third-order valence-electron chi connectivity index (χ3n) is 5.75. The van der Waals surface area contributed by atoms with Gasteiger partial charge in [-0.3, -0.25) is 9.59 Å². The zero-order valence-corrected chi connectivity index (χ0v) is 18.4. The van der Waals surface area contributed by atoms with Gasteiger partial charge in [-0.05, 0) is 49.9 Å². The molecule has 2 fully saturated rings. The van der Waals surface area contributed by atoms with Crippen molar-refractivity contribution in [3.8, 4) is 11.5 Å². The summed E-state index contributed by atoms with van der Waals surface area (Å²) in [7, 11) is 0. The minimum absolute atomic E-state index is 0.0953. The van der Waals surface area contributed by atoms with E-state index >= 15 is 0 Å². The zero-order valence-electron chi connectivity index (χ0n) is 17.6. The van der Waals surface area contributed by atoms with Gasteiger partial charge in [0.2, 0.25) is 18.6 Å². The smallest absolute Gasteiger partial charge is 0.234 e. The molecule has 2 aliphatic heterocycles. The SMILES string of the molecule is O=C(CSc1ccc(N2CCC(C(=O)NC3CC3)CC2)nn1)Nc1ccc2c(c1)OCO2. The highest BCUT2D eigenvalue weighted by atomic mass is 32.2. The number of anilines is 2. The third-order valence-corrected chi connectivity index (χ3v) is 6.67. The highest BCUT2D eigenvalue weighted by Gasteiger charge is 2.30. The van der Waals surface area contributed by atoms with Crippen LogP contribution in [0.2, 0.25) is 0 Å². The molecule has 3 heterocycles. The van der Waals surface area contributed by atoms with E-state index in [9.17, 15) is 9.59 Å². The molecule has 3 aliphatic rings. The Morgan fingerprint density at radius 1 is 1.03 bits per heavy atom. The Labute approximate surface area is 190 Å². The number of carbonyl (C=O) groups excluding carboxylic acids is 2. The maximum absolute atomic E-state index is 12.3. The standard InChI is InChI=1S/C22H25N5O4S/c28-20(23-16-3-4-17-18(11-16)31-13-30-17)12-32-21-6-5-19(25-26-21)27-9-7-14(8-10-27)22(29)24-15-1-2-15/h3-6,11,14-15H,1-2,7-10,12-13H2,(H,23,28)(H,24,29). The van der Waals surface area contributed by atoms with E-state index < -0.39 is 0 Å². The average Bonchev–Trinajstić information content (AvgIpc) is 3.51. The van der Waals surface area contributed by atoms with Crippen molar-refractivity contribution in [2.24, 2.45) is 5.92 Å². The molecule has 0 atom stereocenters. The molecule has 1 aromatic carbocycles. The molecule has 1 saturated heterocycles. The van der Waals surface area contributed by atoms with E-state index in [0.29, 0.717) is 28.3 Å². The topological polar surface area (TPSA) is 106 Å². The van der Waals surface area contributed by atoms with Crippen LogP contribution in [0, 0.1) is 5.92 Å². The number of fused-ring (bicyclic) bond motifs is 1. The van der Waals surface area contributed by atoms with Gasteiger partial charge in [-0.1, -0.05) is 11.8 Å². The maximum atomic E-state index is 12.3. The lowest BCUT2D eigenvalue weighted by Crippen LogP contribution is -2.41. The Bertz CT molecular complexity index is 990. The number of benzene rings is 1. The summed E-state index contributed by atoms with van der Waals surface area (Å²) in [6, 6.07) is 9.53. The number of amides is 2. The molecule has 32 heavy (non-hydrogen) atoms. The van der Waals surface area contributed by atoms with E-state index in [0.717, 1.165) is 44.6 Å². The van der Waals surface area contributed by atoms with Crippen LogP contribution in [-0.2, 0) is 9.59 Å². The third kappa shape index (κ3) is 5.07. The molecule has 2 aromatic rings. The van der Waals surface area contributed by atoms with Crippen LogP contribution in [0.4, 0.5) is 11.5 Å². The van der Waals surface area contributed by atoms with Crippen molar-refractivity contribution >= 4 is 35.1 Å². The molecule has 1 saturated carbocycles. The van der Waals surface area contributed by atoms with Gasteiger partial charge in [0.05, 0.1) is 5.75 Å². The molecule has 0 spiro atoms. The fraction of sp³-hybridized carbons (Fsp3) is 0.455. The van der Waals surface area contributed by atoms with E-state index in [1.54, 1.807) is 18.2 Å². The van der Waals surface area contributed by atoms with Gasteiger partial charge in [-0.15, -0.1) is 10.2 Å². The lowest BCUT2D eigenvalue weighted by atomic mass is 9.96. The van der Waals surface area contributed by atoms with Crippen LogP contribution in [0.3, 0.4) is 0 Å². The minimum atomic E-state index is -0.133. The molecule has 0 bridgehead atoms. The number of carbonyl (C=O) groups is 2. The summed E-state index contributed by atoms with van der Waals surface area (Å²) in [6.07, 6.45) is 3.89. The Morgan fingerprint density at radius 3 is 2.59 bits per heavy atom. The summed E-state index contributed by atoms with van der Waals surface area (Å²) in [5.74, 6) is 2.50. The summed E-state index contributed by atoms with van der Waals surface area (Å²) >= 11 is 1.33. The molecule has 2 N–H and O–H groups in total. The molecule has 0 radical (unpaired) electrons. The lowest BCUT2D eigenvalue weighted by Gasteiger charge is -2.31. The number of thioether (sulfide) groups is 1. The van der Waals surface area contributed by atoms with E-state index in [2.05, 4.69) is 25.7 Å². The first-order chi connectivity index (χ1) is 15.6. The fourth-order valence-corrected chi connectivity index (χ4v) is 4.40. The highest BCUT2D eigenvalue weighted by Crippen LogP contribution is 2.34. The van der Waals surface area contributed by atoms with Crippen molar-refractivity contribution in [1.29, 1.82) is 0 Å². The van der Waals surface area contributed by atoms with Gasteiger partial charge in [0, 0.05) is 36.8 Å². The largest absolute Gasteiger partial charge is 0.454 e. The first-order valence-corrected chi connectivity index (χ1v) is 11.8. The molecule has 9 nitrogen and oxygen atoms in total. The maximum Gasteiger partial charge on any atom is 0.234 e. The first kappa shape index (κ1) is 20.9. The van der Waals surface area contributed by atoms with Crippen molar-refractivity contribution in [2.45, 2.75) is 36.8 Å². The second-order valence-corrected chi connectivity index (χ2v) is 9.17. The molecular formula is C22H25N5O4S. The number of hydrogen-bond donors (Lipinski definition) is 2. The number of ether oxygens (including phenoxy) is 2. The van der Waals surface area contributed by atoms with E-state index in [1.807, 2.05) is 12.1 Å². The van der Waals surface area contributed by atoms with Crippen molar-refractivity contribution in [2.75, 3.05) is 35.9 Å². The second-order valence-electron chi connectivity index (χ2n) is 8.18. The van der Waals surface area contributed by atoms with Crippen molar-refractivity contribution in [3.05, 3.63) is 30.3 Å². The van der Waals surface area contributed by atoms with Crippen LogP contribution in [0.5, 0.6) is 11.5 Å². The van der Waals surface area contributed by atoms with Crippen LogP contribution in [-0.4, -0.2) is 53.7 Å². The number of hydrogen-bond acceptors (Lipinski definition) is 8. The number of nitrogens with zero attached hydrogens (tertiary/aromatic N) is 3.